The van der Waals surface area contributed by atoms with E-state index in [-0.39, 0.29) is 31.6 Å². The van der Waals surface area contributed by atoms with Gasteiger partial charge in [0, 0.05) is 5.56 Å². The molecule has 3 rings (SSSR count). The number of amides is 1. The lowest BCUT2D eigenvalue weighted by molar-refractivity contribution is -0.113. The van der Waals surface area contributed by atoms with Crippen molar-refractivity contribution in [3.8, 4) is 11.5 Å². The first-order valence-corrected chi connectivity index (χ1v) is 10.9. The van der Waals surface area contributed by atoms with Crippen LogP contribution in [0.4, 0.5) is 5.69 Å². The van der Waals surface area contributed by atoms with Crippen LogP contribution in [0.15, 0.2) is 57.0 Å². The highest BCUT2D eigenvalue weighted by Gasteiger charge is 2.17. The summed E-state index contributed by atoms with van der Waals surface area (Å²) in [7, 11) is -3.97. The maximum atomic E-state index is 12.2. The second-order valence-corrected chi connectivity index (χ2v) is 8.69. The van der Waals surface area contributed by atoms with Crippen molar-refractivity contribution in [2.24, 2.45) is 5.14 Å². The summed E-state index contributed by atoms with van der Waals surface area (Å²) in [6, 6.07) is 11.4. The monoisotopic (exact) mass is 458 g/mol. The molecule has 0 spiro atoms. The maximum Gasteiger partial charge on any atom is 0.277 e. The van der Waals surface area contributed by atoms with E-state index in [0.717, 1.165) is 29.5 Å². The SMILES string of the molecule is NS(=O)(=O)c1cc(Cl)c(NC(=O)CSc2nnc(-c3ccccc3)o2)c(Cl)c1. The number of halogens is 2. The van der Waals surface area contributed by atoms with E-state index in [1.165, 1.54) is 0 Å². The number of anilines is 1. The Morgan fingerprint density at radius 2 is 1.79 bits per heavy atom. The summed E-state index contributed by atoms with van der Waals surface area (Å²) in [4.78, 5) is 11.9. The van der Waals surface area contributed by atoms with Crippen LogP contribution in [0.25, 0.3) is 11.5 Å². The topological polar surface area (TPSA) is 128 Å². The molecule has 1 aromatic heterocycles. The number of nitrogens with one attached hydrogen (secondary N) is 1. The largest absolute Gasteiger partial charge is 0.411 e. The summed E-state index contributed by atoms with van der Waals surface area (Å²) in [6.07, 6.45) is 0. The summed E-state index contributed by atoms with van der Waals surface area (Å²) in [6.45, 7) is 0. The van der Waals surface area contributed by atoms with E-state index in [2.05, 4.69) is 15.5 Å². The number of nitrogens with two attached hydrogens (primary N) is 1. The van der Waals surface area contributed by atoms with Crippen molar-refractivity contribution in [1.29, 1.82) is 0 Å². The molecule has 1 amide bonds. The van der Waals surface area contributed by atoms with Crippen LogP contribution >= 0.6 is 35.0 Å². The number of sulfonamides is 1. The molecule has 1 heterocycles. The van der Waals surface area contributed by atoms with E-state index >= 15 is 0 Å². The molecule has 0 atom stereocenters. The standard InChI is InChI=1S/C16H12Cl2N4O4S2/c17-11-6-10(28(19,24)25)7-12(18)14(11)20-13(23)8-27-16-22-21-15(26-16)9-4-2-1-3-5-9/h1-7H,8H2,(H,20,23)(H2,19,24,25). The number of aromatic nitrogens is 2. The van der Waals surface area contributed by atoms with E-state index in [1.807, 2.05) is 30.3 Å². The average Bonchev–Trinajstić information content (AvgIpc) is 3.12. The predicted molar refractivity (Wildman–Crippen MR) is 107 cm³/mol. The Bertz CT molecular complexity index is 1100. The Balaban J connectivity index is 1.65. The van der Waals surface area contributed by atoms with Crippen molar-refractivity contribution in [3.63, 3.8) is 0 Å². The zero-order valence-corrected chi connectivity index (χ0v) is 17.1. The Labute approximate surface area is 174 Å². The van der Waals surface area contributed by atoms with E-state index in [9.17, 15) is 13.2 Å². The minimum Gasteiger partial charge on any atom is -0.411 e. The molecule has 2 aromatic carbocycles. The van der Waals surface area contributed by atoms with Gasteiger partial charge in [0.2, 0.25) is 21.8 Å². The Kier molecular flexibility index (Phi) is 6.26. The second kappa shape index (κ2) is 8.50. The number of carbonyl (C=O) groups excluding carboxylic acids is 1. The molecule has 0 bridgehead atoms. The van der Waals surface area contributed by atoms with Gasteiger partial charge in [0.15, 0.2) is 0 Å². The summed E-state index contributed by atoms with van der Waals surface area (Å²) < 4.78 is 28.3. The van der Waals surface area contributed by atoms with E-state index in [0.29, 0.717) is 5.89 Å². The number of nitrogens with zero attached hydrogens (tertiary/aromatic N) is 2. The first-order valence-electron chi connectivity index (χ1n) is 7.57. The van der Waals surface area contributed by atoms with Gasteiger partial charge in [-0.3, -0.25) is 4.79 Å². The quantitative estimate of drug-likeness (QED) is 0.541. The van der Waals surface area contributed by atoms with Crippen LogP contribution < -0.4 is 10.5 Å². The third-order valence-corrected chi connectivity index (χ3v) is 5.67. The van der Waals surface area contributed by atoms with Gasteiger partial charge in [-0.05, 0) is 24.3 Å². The van der Waals surface area contributed by atoms with Crippen molar-refractivity contribution in [2.75, 3.05) is 11.1 Å². The third kappa shape index (κ3) is 5.03. The van der Waals surface area contributed by atoms with Gasteiger partial charge in [0.1, 0.15) is 0 Å². The Hall–Kier alpha value is -2.11. The number of thioether (sulfide) groups is 1. The number of hydrogen-bond donors (Lipinski definition) is 2. The van der Waals surface area contributed by atoms with Crippen molar-refractivity contribution in [3.05, 3.63) is 52.5 Å². The number of benzene rings is 2. The molecule has 8 nitrogen and oxygen atoms in total. The van der Waals surface area contributed by atoms with Gasteiger partial charge in [-0.25, -0.2) is 13.6 Å². The summed E-state index contributed by atoms with van der Waals surface area (Å²) >= 11 is 13.0. The molecule has 3 aromatic rings. The van der Waals surface area contributed by atoms with Crippen LogP contribution in [0.5, 0.6) is 0 Å². The zero-order valence-electron chi connectivity index (χ0n) is 13.9. The molecular formula is C16H12Cl2N4O4S2. The van der Waals surface area contributed by atoms with Gasteiger partial charge >= 0.3 is 0 Å². The number of carbonyl (C=O) groups is 1. The molecule has 0 aliphatic rings. The highest BCUT2D eigenvalue weighted by atomic mass is 35.5. The van der Waals surface area contributed by atoms with Crippen molar-refractivity contribution < 1.29 is 17.6 Å². The Morgan fingerprint density at radius 1 is 1.14 bits per heavy atom. The smallest absolute Gasteiger partial charge is 0.277 e. The molecule has 28 heavy (non-hydrogen) atoms. The molecule has 0 saturated carbocycles. The van der Waals surface area contributed by atoms with Crippen molar-refractivity contribution in [1.82, 2.24) is 10.2 Å². The predicted octanol–water partition coefficient (Wildman–Crippen LogP) is 3.42. The van der Waals surface area contributed by atoms with Gasteiger partial charge in [0.05, 0.1) is 26.4 Å². The molecule has 12 heteroatoms. The van der Waals surface area contributed by atoms with Crippen LogP contribution in [0.2, 0.25) is 10.0 Å². The first kappa shape index (κ1) is 20.6. The summed E-state index contributed by atoms with van der Waals surface area (Å²) in [5.74, 6) is -0.162. The lowest BCUT2D eigenvalue weighted by Gasteiger charge is -2.10. The van der Waals surface area contributed by atoms with Crippen molar-refractivity contribution >= 4 is 56.6 Å². The zero-order chi connectivity index (χ0) is 20.3. The molecular weight excluding hydrogens is 447 g/mol. The lowest BCUT2D eigenvalue weighted by Crippen LogP contribution is -2.16. The fourth-order valence-corrected chi connectivity index (χ4v) is 3.94. The van der Waals surface area contributed by atoms with Crippen molar-refractivity contribution in [2.45, 2.75) is 10.1 Å². The summed E-state index contributed by atoms with van der Waals surface area (Å²) in [5, 5.41) is 15.5. The van der Waals surface area contributed by atoms with E-state index < -0.39 is 15.9 Å². The lowest BCUT2D eigenvalue weighted by atomic mass is 10.2. The van der Waals surface area contributed by atoms with E-state index in [1.54, 1.807) is 0 Å². The third-order valence-electron chi connectivity index (χ3n) is 3.36. The minimum atomic E-state index is -3.97. The van der Waals surface area contributed by atoms with Gasteiger partial charge in [-0.15, -0.1) is 10.2 Å². The van der Waals surface area contributed by atoms with Crippen LogP contribution in [0.1, 0.15) is 0 Å². The molecule has 3 N–H and O–H groups in total. The van der Waals surface area contributed by atoms with Crippen LogP contribution in [0.3, 0.4) is 0 Å². The second-order valence-electron chi connectivity index (χ2n) is 5.38. The average molecular weight is 459 g/mol. The normalized spacial score (nSPS) is 11.4. The van der Waals surface area contributed by atoms with E-state index in [4.69, 9.17) is 32.8 Å². The molecule has 0 aliphatic carbocycles. The van der Waals surface area contributed by atoms with Gasteiger partial charge in [-0.1, -0.05) is 53.2 Å². The Morgan fingerprint density at radius 3 is 2.39 bits per heavy atom. The maximum absolute atomic E-state index is 12.2. The first-order chi connectivity index (χ1) is 13.2. The van der Waals surface area contributed by atoms with Gasteiger partial charge < -0.3 is 9.73 Å². The number of primary sulfonamides is 1. The molecule has 0 fully saturated rings. The molecule has 0 radical (unpaired) electrons. The molecule has 0 saturated heterocycles. The highest BCUT2D eigenvalue weighted by molar-refractivity contribution is 7.99. The number of hydrogen-bond acceptors (Lipinski definition) is 7. The van der Waals surface area contributed by atoms with Crippen LogP contribution in [0, 0.1) is 0 Å². The molecule has 0 aliphatic heterocycles. The fraction of sp³-hybridized carbons (Fsp3) is 0.0625. The number of rotatable bonds is 6. The fourth-order valence-electron chi connectivity index (χ4n) is 2.10. The highest BCUT2D eigenvalue weighted by Crippen LogP contribution is 2.33. The van der Waals surface area contributed by atoms with Crippen LogP contribution in [-0.2, 0) is 14.8 Å². The van der Waals surface area contributed by atoms with Gasteiger partial charge in [0.25, 0.3) is 5.22 Å². The molecule has 0 unspecified atom stereocenters. The summed E-state index contributed by atoms with van der Waals surface area (Å²) in [5.41, 5.74) is 0.844. The van der Waals surface area contributed by atoms with Gasteiger partial charge in [-0.2, -0.15) is 0 Å². The minimum absolute atomic E-state index is 0.0555. The van der Waals surface area contributed by atoms with Crippen LogP contribution in [-0.4, -0.2) is 30.3 Å². The molecule has 146 valence electrons.